The summed E-state index contributed by atoms with van der Waals surface area (Å²) in [6.45, 7) is 4.09. The third-order valence-corrected chi connectivity index (χ3v) is 3.23. The molecule has 0 fully saturated rings. The second-order valence-electron chi connectivity index (χ2n) is 4.75. The maximum absolute atomic E-state index is 12.4. The quantitative estimate of drug-likeness (QED) is 0.761. The van der Waals surface area contributed by atoms with Crippen LogP contribution in [0.4, 0.5) is 8.78 Å². The Balaban J connectivity index is 2.99. The largest absolute Gasteiger partial charge is 0.434 e. The van der Waals surface area contributed by atoms with Gasteiger partial charge in [-0.25, -0.2) is 0 Å². The summed E-state index contributed by atoms with van der Waals surface area (Å²) in [4.78, 5) is 0. The van der Waals surface area contributed by atoms with Gasteiger partial charge >= 0.3 is 6.61 Å². The van der Waals surface area contributed by atoms with Crippen molar-refractivity contribution in [1.29, 1.82) is 0 Å². The van der Waals surface area contributed by atoms with Crippen LogP contribution in [-0.2, 0) is 0 Å². The molecule has 1 rings (SSSR count). The van der Waals surface area contributed by atoms with Crippen molar-refractivity contribution in [2.45, 2.75) is 39.8 Å². The summed E-state index contributed by atoms with van der Waals surface area (Å²) >= 11 is 3.35. The van der Waals surface area contributed by atoms with E-state index >= 15 is 0 Å². The fraction of sp³-hybridized carbons (Fsp3) is 0.467. The number of rotatable bonds is 7. The van der Waals surface area contributed by atoms with Crippen LogP contribution >= 0.6 is 15.9 Å². The standard InChI is InChI=1S/C15H20BrF2NO/c1-4-11(9-19-10(2)3)7-12-8-13(16)5-6-14(12)20-15(17)18/h5-8,10,15,19H,4,9H2,1-3H3. The molecule has 0 heterocycles. The summed E-state index contributed by atoms with van der Waals surface area (Å²) in [5, 5.41) is 3.32. The molecule has 1 aromatic rings. The lowest BCUT2D eigenvalue weighted by Gasteiger charge is -2.12. The minimum Gasteiger partial charge on any atom is -0.434 e. The Morgan fingerprint density at radius 3 is 2.65 bits per heavy atom. The number of ether oxygens (including phenoxy) is 1. The minimum atomic E-state index is -2.82. The normalized spacial score (nSPS) is 12.3. The molecule has 0 saturated heterocycles. The van der Waals surface area contributed by atoms with Gasteiger partial charge in [-0.1, -0.05) is 48.4 Å². The highest BCUT2D eigenvalue weighted by Gasteiger charge is 2.09. The minimum absolute atomic E-state index is 0.193. The van der Waals surface area contributed by atoms with E-state index in [4.69, 9.17) is 0 Å². The highest BCUT2D eigenvalue weighted by atomic mass is 79.9. The topological polar surface area (TPSA) is 21.3 Å². The number of hydrogen-bond acceptors (Lipinski definition) is 2. The zero-order valence-electron chi connectivity index (χ0n) is 11.9. The number of alkyl halides is 2. The number of halogens is 3. The summed E-state index contributed by atoms with van der Waals surface area (Å²) < 4.78 is 30.2. The van der Waals surface area contributed by atoms with E-state index in [9.17, 15) is 8.78 Å². The van der Waals surface area contributed by atoms with Crippen molar-refractivity contribution >= 4 is 22.0 Å². The maximum atomic E-state index is 12.4. The van der Waals surface area contributed by atoms with E-state index in [-0.39, 0.29) is 5.75 Å². The van der Waals surface area contributed by atoms with Crippen LogP contribution in [0.25, 0.3) is 6.08 Å². The Morgan fingerprint density at radius 2 is 2.10 bits per heavy atom. The van der Waals surface area contributed by atoms with Gasteiger partial charge in [-0.3, -0.25) is 0 Å². The molecule has 0 aromatic heterocycles. The van der Waals surface area contributed by atoms with Crippen LogP contribution in [0.2, 0.25) is 0 Å². The highest BCUT2D eigenvalue weighted by Crippen LogP contribution is 2.27. The van der Waals surface area contributed by atoms with Crippen molar-refractivity contribution < 1.29 is 13.5 Å². The van der Waals surface area contributed by atoms with Crippen LogP contribution < -0.4 is 10.1 Å². The molecule has 0 saturated carbocycles. The van der Waals surface area contributed by atoms with Crippen LogP contribution in [0.3, 0.4) is 0 Å². The van der Waals surface area contributed by atoms with Crippen LogP contribution in [0.5, 0.6) is 5.75 Å². The first-order chi connectivity index (χ1) is 9.42. The van der Waals surface area contributed by atoms with Crippen molar-refractivity contribution in [3.8, 4) is 5.75 Å². The first-order valence-electron chi connectivity index (χ1n) is 6.59. The highest BCUT2D eigenvalue weighted by molar-refractivity contribution is 9.10. The Morgan fingerprint density at radius 1 is 1.40 bits per heavy atom. The van der Waals surface area contributed by atoms with E-state index in [2.05, 4.69) is 39.8 Å². The van der Waals surface area contributed by atoms with Crippen molar-refractivity contribution in [3.05, 3.63) is 33.8 Å². The van der Waals surface area contributed by atoms with E-state index < -0.39 is 6.61 Å². The fourth-order valence-corrected chi connectivity index (χ4v) is 2.05. The second-order valence-corrected chi connectivity index (χ2v) is 5.67. The van der Waals surface area contributed by atoms with Crippen molar-refractivity contribution in [1.82, 2.24) is 5.32 Å². The van der Waals surface area contributed by atoms with Crippen molar-refractivity contribution in [3.63, 3.8) is 0 Å². The monoisotopic (exact) mass is 347 g/mol. The first kappa shape index (κ1) is 17.1. The molecular formula is C15H20BrF2NO. The lowest BCUT2D eigenvalue weighted by atomic mass is 10.1. The summed E-state index contributed by atoms with van der Waals surface area (Å²) in [6, 6.07) is 5.39. The fourth-order valence-electron chi connectivity index (χ4n) is 1.67. The molecule has 0 unspecified atom stereocenters. The molecule has 0 aliphatic carbocycles. The Labute approximate surface area is 127 Å². The SMILES string of the molecule is CCC(=Cc1cc(Br)ccc1OC(F)F)CNC(C)C. The van der Waals surface area contributed by atoms with Crippen molar-refractivity contribution in [2.24, 2.45) is 0 Å². The average Bonchev–Trinajstić information content (AvgIpc) is 2.36. The Bertz CT molecular complexity index is 461. The first-order valence-corrected chi connectivity index (χ1v) is 7.38. The third-order valence-electron chi connectivity index (χ3n) is 2.74. The van der Waals surface area contributed by atoms with Crippen LogP contribution in [0.1, 0.15) is 32.8 Å². The van der Waals surface area contributed by atoms with Gasteiger partial charge < -0.3 is 10.1 Å². The van der Waals surface area contributed by atoms with Crippen LogP contribution in [-0.4, -0.2) is 19.2 Å². The lowest BCUT2D eigenvalue weighted by Crippen LogP contribution is -2.24. The van der Waals surface area contributed by atoms with E-state index in [0.717, 1.165) is 23.0 Å². The lowest BCUT2D eigenvalue weighted by molar-refractivity contribution is -0.0500. The van der Waals surface area contributed by atoms with Crippen LogP contribution in [0, 0.1) is 0 Å². The molecule has 2 nitrogen and oxygen atoms in total. The Kier molecular flexibility index (Phi) is 7.16. The molecule has 5 heteroatoms. The van der Waals surface area contributed by atoms with Gasteiger partial charge in [-0.05, 0) is 24.6 Å². The summed E-state index contributed by atoms with van der Waals surface area (Å²) in [5.74, 6) is 0.193. The molecule has 0 amide bonds. The maximum Gasteiger partial charge on any atom is 0.387 e. The van der Waals surface area contributed by atoms with Gasteiger partial charge in [0.1, 0.15) is 5.75 Å². The smallest absolute Gasteiger partial charge is 0.387 e. The van der Waals surface area contributed by atoms with Crippen LogP contribution in [0.15, 0.2) is 28.2 Å². The van der Waals surface area contributed by atoms with Gasteiger partial charge in [-0.15, -0.1) is 0 Å². The number of nitrogens with one attached hydrogen (secondary N) is 1. The molecule has 0 radical (unpaired) electrons. The van der Waals surface area contributed by atoms with E-state index in [1.54, 1.807) is 18.2 Å². The zero-order valence-corrected chi connectivity index (χ0v) is 13.5. The summed E-state index contributed by atoms with van der Waals surface area (Å²) in [5.41, 5.74) is 1.79. The second kappa shape index (κ2) is 8.37. The molecule has 1 aromatic carbocycles. The third kappa shape index (κ3) is 6.01. The van der Waals surface area contributed by atoms with Gasteiger partial charge in [0.2, 0.25) is 0 Å². The zero-order chi connectivity index (χ0) is 15.1. The van der Waals surface area contributed by atoms with Gasteiger partial charge in [0.25, 0.3) is 0 Å². The van der Waals surface area contributed by atoms with E-state index in [0.29, 0.717) is 11.6 Å². The van der Waals surface area contributed by atoms with Gasteiger partial charge in [0.05, 0.1) is 0 Å². The van der Waals surface area contributed by atoms with Gasteiger partial charge in [0.15, 0.2) is 0 Å². The molecule has 112 valence electrons. The molecule has 1 N–H and O–H groups in total. The van der Waals surface area contributed by atoms with Crippen molar-refractivity contribution in [2.75, 3.05) is 6.54 Å². The van der Waals surface area contributed by atoms with E-state index in [1.807, 2.05) is 13.0 Å². The predicted molar refractivity (Wildman–Crippen MR) is 82.2 cm³/mol. The molecule has 20 heavy (non-hydrogen) atoms. The average molecular weight is 348 g/mol. The molecule has 0 spiro atoms. The summed E-state index contributed by atoms with van der Waals surface area (Å²) in [6.07, 6.45) is 2.75. The summed E-state index contributed by atoms with van der Waals surface area (Å²) in [7, 11) is 0. The molecule has 0 aliphatic rings. The van der Waals surface area contributed by atoms with E-state index in [1.165, 1.54) is 0 Å². The number of hydrogen-bond donors (Lipinski definition) is 1. The van der Waals surface area contributed by atoms with Gasteiger partial charge in [-0.2, -0.15) is 8.78 Å². The molecule has 0 aliphatic heterocycles. The Hall–Kier alpha value is -0.940. The molecular weight excluding hydrogens is 328 g/mol. The number of benzene rings is 1. The van der Waals surface area contributed by atoms with Gasteiger partial charge in [0, 0.05) is 22.6 Å². The predicted octanol–water partition coefficient (Wildman–Crippen LogP) is 4.84. The molecule has 0 atom stereocenters. The molecule has 0 bridgehead atoms.